The van der Waals surface area contributed by atoms with E-state index in [2.05, 4.69) is 4.72 Å². The first kappa shape index (κ1) is 16.8. The lowest BCUT2D eigenvalue weighted by Gasteiger charge is -2.55. The number of nitrogens with one attached hydrogen (secondary N) is 1. The van der Waals surface area contributed by atoms with Gasteiger partial charge < -0.3 is 9.84 Å². The van der Waals surface area contributed by atoms with Gasteiger partial charge in [0.15, 0.2) is 11.6 Å². The number of halogens is 2. The Kier molecular flexibility index (Phi) is 4.43. The second-order valence-electron chi connectivity index (χ2n) is 6.24. The predicted octanol–water partition coefficient (Wildman–Crippen LogP) is 1.31. The number of rotatable bonds is 4. The van der Waals surface area contributed by atoms with Crippen molar-refractivity contribution in [2.24, 2.45) is 5.41 Å². The van der Waals surface area contributed by atoms with Crippen LogP contribution < -0.4 is 4.72 Å². The molecule has 2 atom stereocenters. The van der Waals surface area contributed by atoms with Gasteiger partial charge in [-0.2, -0.15) is 0 Å². The summed E-state index contributed by atoms with van der Waals surface area (Å²) in [6.45, 7) is 0.960. The summed E-state index contributed by atoms with van der Waals surface area (Å²) in [4.78, 5) is 0. The fraction of sp³-hybridized carbons (Fsp3) is 0.600. The number of aliphatic hydroxyl groups excluding tert-OH is 1. The summed E-state index contributed by atoms with van der Waals surface area (Å²) in [5.41, 5.74) is -0.718. The van der Waals surface area contributed by atoms with Gasteiger partial charge in [-0.15, -0.1) is 0 Å². The van der Waals surface area contributed by atoms with Crippen molar-refractivity contribution in [3.63, 3.8) is 0 Å². The van der Waals surface area contributed by atoms with Crippen LogP contribution in [0.1, 0.15) is 24.8 Å². The van der Waals surface area contributed by atoms with Crippen molar-refractivity contribution in [2.75, 3.05) is 13.2 Å². The molecule has 128 valence electrons. The minimum absolute atomic E-state index is 0.210. The maximum absolute atomic E-state index is 13.7. The number of sulfonamides is 1. The molecule has 2 aliphatic rings. The van der Waals surface area contributed by atoms with E-state index in [1.165, 1.54) is 12.1 Å². The van der Waals surface area contributed by atoms with Crippen molar-refractivity contribution in [3.05, 3.63) is 35.4 Å². The van der Waals surface area contributed by atoms with Gasteiger partial charge in [0.2, 0.25) is 10.0 Å². The van der Waals surface area contributed by atoms with Gasteiger partial charge in [0.05, 0.1) is 11.9 Å². The molecular formula is C15H19F2NO4S. The average molecular weight is 347 g/mol. The molecule has 0 unspecified atom stereocenters. The fourth-order valence-electron chi connectivity index (χ4n) is 3.49. The normalized spacial score (nSPS) is 26.9. The van der Waals surface area contributed by atoms with Crippen LogP contribution in [0.25, 0.3) is 0 Å². The summed E-state index contributed by atoms with van der Waals surface area (Å²) in [6, 6.07) is 3.06. The zero-order valence-corrected chi connectivity index (χ0v) is 13.3. The maximum Gasteiger partial charge on any atom is 0.216 e. The summed E-state index contributed by atoms with van der Waals surface area (Å²) in [6.07, 6.45) is 0.918. The lowest BCUT2D eigenvalue weighted by Crippen LogP contribution is -2.65. The Hall–Kier alpha value is -1.09. The summed E-state index contributed by atoms with van der Waals surface area (Å²) in [5, 5.41) is 10.1. The molecule has 5 nitrogen and oxygen atoms in total. The van der Waals surface area contributed by atoms with E-state index in [0.29, 0.717) is 32.5 Å². The highest BCUT2D eigenvalue weighted by Crippen LogP contribution is 2.49. The molecule has 1 saturated carbocycles. The number of hydrogen-bond donors (Lipinski definition) is 2. The highest BCUT2D eigenvalue weighted by Gasteiger charge is 2.55. The summed E-state index contributed by atoms with van der Waals surface area (Å²) >= 11 is 0. The summed E-state index contributed by atoms with van der Waals surface area (Å²) in [7, 11) is -3.84. The highest BCUT2D eigenvalue weighted by atomic mass is 32.2. The quantitative estimate of drug-likeness (QED) is 0.861. The van der Waals surface area contributed by atoms with Gasteiger partial charge in [-0.3, -0.25) is 0 Å². The van der Waals surface area contributed by atoms with Crippen LogP contribution in [0.15, 0.2) is 18.2 Å². The van der Waals surface area contributed by atoms with Crippen LogP contribution in [0, 0.1) is 17.0 Å². The van der Waals surface area contributed by atoms with Crippen LogP contribution >= 0.6 is 0 Å². The molecule has 0 aromatic heterocycles. The molecule has 1 heterocycles. The monoisotopic (exact) mass is 347 g/mol. The van der Waals surface area contributed by atoms with Crippen molar-refractivity contribution < 1.29 is 27.0 Å². The van der Waals surface area contributed by atoms with Gasteiger partial charge in [0.1, 0.15) is 0 Å². The minimum Gasteiger partial charge on any atom is -0.392 e. The van der Waals surface area contributed by atoms with E-state index in [0.717, 1.165) is 6.07 Å². The molecule has 2 N–H and O–H groups in total. The average Bonchev–Trinajstić information content (AvgIpc) is 2.52. The van der Waals surface area contributed by atoms with Crippen molar-refractivity contribution in [3.8, 4) is 0 Å². The standard InChI is InChI=1S/C15H19F2NO4S/c16-11-3-1-2-10(14(11)17)9-23(20,21)18-12-8-13(19)15(12)4-6-22-7-5-15/h1-3,12-13,18-19H,4-9H2/t12-,13-/m1/s1. The van der Waals surface area contributed by atoms with Crippen molar-refractivity contribution in [1.82, 2.24) is 4.72 Å². The van der Waals surface area contributed by atoms with Crippen molar-refractivity contribution >= 4 is 10.0 Å². The van der Waals surface area contributed by atoms with E-state index in [4.69, 9.17) is 4.74 Å². The number of aliphatic hydroxyl groups is 1. The van der Waals surface area contributed by atoms with Crippen LogP contribution in [-0.4, -0.2) is 38.9 Å². The van der Waals surface area contributed by atoms with Crippen LogP contribution in [0.2, 0.25) is 0 Å². The molecule has 1 saturated heterocycles. The molecule has 0 amide bonds. The van der Waals surface area contributed by atoms with E-state index < -0.39 is 45.0 Å². The Bertz CT molecular complexity index is 689. The molecule has 1 spiro atoms. The summed E-state index contributed by atoms with van der Waals surface area (Å²) in [5.74, 6) is -2.85. The number of benzene rings is 1. The smallest absolute Gasteiger partial charge is 0.216 e. The van der Waals surface area contributed by atoms with Gasteiger partial charge in [0, 0.05) is 30.2 Å². The van der Waals surface area contributed by atoms with Gasteiger partial charge in [-0.05, 0) is 25.3 Å². The Morgan fingerprint density at radius 3 is 2.65 bits per heavy atom. The van der Waals surface area contributed by atoms with E-state index in [1.807, 2.05) is 0 Å². The Balaban J connectivity index is 1.73. The SMILES string of the molecule is O=S(=O)(Cc1cccc(F)c1F)N[C@@H]1C[C@@H](O)C12CCOCC2. The topological polar surface area (TPSA) is 75.6 Å². The highest BCUT2D eigenvalue weighted by molar-refractivity contribution is 7.88. The van der Waals surface area contributed by atoms with E-state index in [1.54, 1.807) is 0 Å². The molecule has 2 fully saturated rings. The molecule has 8 heteroatoms. The third-order valence-electron chi connectivity index (χ3n) is 4.94. The van der Waals surface area contributed by atoms with Gasteiger partial charge in [-0.25, -0.2) is 21.9 Å². The van der Waals surface area contributed by atoms with E-state index in [-0.39, 0.29) is 5.56 Å². The largest absolute Gasteiger partial charge is 0.392 e. The number of hydrogen-bond acceptors (Lipinski definition) is 4. The summed E-state index contributed by atoms with van der Waals surface area (Å²) < 4.78 is 59.2. The Morgan fingerprint density at radius 1 is 1.30 bits per heavy atom. The lowest BCUT2D eigenvalue weighted by atomic mass is 9.58. The molecule has 3 rings (SSSR count). The minimum atomic E-state index is -3.84. The Labute approximate surface area is 133 Å². The molecular weight excluding hydrogens is 328 g/mol. The van der Waals surface area contributed by atoms with Gasteiger partial charge >= 0.3 is 0 Å². The molecule has 0 bridgehead atoms. The van der Waals surface area contributed by atoms with Crippen LogP contribution in [0.5, 0.6) is 0 Å². The second kappa shape index (κ2) is 6.08. The van der Waals surface area contributed by atoms with Crippen molar-refractivity contribution in [1.29, 1.82) is 0 Å². The first-order valence-corrected chi connectivity index (χ1v) is 9.18. The third kappa shape index (κ3) is 3.13. The second-order valence-corrected chi connectivity index (χ2v) is 7.99. The van der Waals surface area contributed by atoms with E-state index in [9.17, 15) is 22.3 Å². The number of ether oxygens (including phenoxy) is 1. The first-order chi connectivity index (χ1) is 10.8. The molecule has 1 aliphatic carbocycles. The molecule has 1 aromatic rings. The van der Waals surface area contributed by atoms with Crippen LogP contribution in [0.3, 0.4) is 0 Å². The fourth-order valence-corrected chi connectivity index (χ4v) is 4.97. The van der Waals surface area contributed by atoms with E-state index >= 15 is 0 Å². The molecule has 0 radical (unpaired) electrons. The van der Waals surface area contributed by atoms with Gasteiger partial charge in [-0.1, -0.05) is 12.1 Å². The van der Waals surface area contributed by atoms with Crippen molar-refractivity contribution in [2.45, 2.75) is 37.2 Å². The lowest BCUT2D eigenvalue weighted by molar-refractivity contribution is -0.143. The Morgan fingerprint density at radius 2 is 2.00 bits per heavy atom. The molecule has 1 aromatic carbocycles. The maximum atomic E-state index is 13.7. The molecule has 23 heavy (non-hydrogen) atoms. The third-order valence-corrected chi connectivity index (χ3v) is 6.27. The van der Waals surface area contributed by atoms with Gasteiger partial charge in [0.25, 0.3) is 0 Å². The van der Waals surface area contributed by atoms with Crippen LogP contribution in [-0.2, 0) is 20.5 Å². The zero-order valence-electron chi connectivity index (χ0n) is 12.5. The molecule has 1 aliphatic heterocycles. The van der Waals surface area contributed by atoms with Crippen LogP contribution in [0.4, 0.5) is 8.78 Å². The first-order valence-electron chi connectivity index (χ1n) is 7.53. The predicted molar refractivity (Wildman–Crippen MR) is 79.0 cm³/mol. The zero-order chi connectivity index (χ0) is 16.7.